The van der Waals surface area contributed by atoms with Crippen molar-refractivity contribution in [3.8, 4) is 11.1 Å². The number of nitrogens with zero attached hydrogens (tertiary/aromatic N) is 1. The molecule has 6 rings (SSSR count). The minimum atomic E-state index is -0.782. The van der Waals surface area contributed by atoms with E-state index in [2.05, 4.69) is 15.3 Å². The molecular formula is C26H24FN3O3. The maximum Gasteiger partial charge on any atom is 0.336 e. The van der Waals surface area contributed by atoms with Crippen molar-refractivity contribution >= 4 is 16.9 Å². The first-order valence-electron chi connectivity index (χ1n) is 11.3. The van der Waals surface area contributed by atoms with Gasteiger partial charge in [0.25, 0.3) is 0 Å². The van der Waals surface area contributed by atoms with Crippen molar-refractivity contribution < 1.29 is 13.9 Å². The molecule has 0 bridgehead atoms. The van der Waals surface area contributed by atoms with Gasteiger partial charge in [0.2, 0.25) is 5.95 Å². The molecular weight excluding hydrogens is 421 g/mol. The topological polar surface area (TPSA) is 91.1 Å². The summed E-state index contributed by atoms with van der Waals surface area (Å²) in [6, 6.07) is 13.2. The molecule has 6 nitrogen and oxygen atoms in total. The zero-order valence-electron chi connectivity index (χ0n) is 18.0. The Balaban J connectivity index is 1.24. The van der Waals surface area contributed by atoms with Crippen LogP contribution in [-0.2, 0) is 12.1 Å². The molecule has 2 aromatic carbocycles. The third-order valence-electron chi connectivity index (χ3n) is 6.83. The predicted octanol–water partition coefficient (Wildman–Crippen LogP) is 4.94. The Labute approximate surface area is 189 Å². The van der Waals surface area contributed by atoms with E-state index in [4.69, 9.17) is 4.42 Å². The van der Waals surface area contributed by atoms with Gasteiger partial charge in [0, 0.05) is 18.0 Å². The molecule has 0 amide bonds. The highest BCUT2D eigenvalue weighted by molar-refractivity contribution is 5.93. The Morgan fingerprint density at radius 3 is 2.52 bits per heavy atom. The van der Waals surface area contributed by atoms with Crippen molar-refractivity contribution in [3.05, 3.63) is 82.2 Å². The number of imidazole rings is 1. The summed E-state index contributed by atoms with van der Waals surface area (Å²) in [7, 11) is 0. The van der Waals surface area contributed by atoms with Gasteiger partial charge >= 0.3 is 5.63 Å². The van der Waals surface area contributed by atoms with Crippen LogP contribution in [-0.4, -0.2) is 15.1 Å². The van der Waals surface area contributed by atoms with E-state index in [0.717, 1.165) is 47.9 Å². The van der Waals surface area contributed by atoms with Gasteiger partial charge in [-0.2, -0.15) is 0 Å². The van der Waals surface area contributed by atoms with E-state index in [1.807, 2.05) is 18.2 Å². The maximum atomic E-state index is 13.3. The third-order valence-corrected chi connectivity index (χ3v) is 6.83. The Morgan fingerprint density at radius 1 is 1.09 bits per heavy atom. The lowest BCUT2D eigenvalue weighted by molar-refractivity contribution is -0.0139. The Morgan fingerprint density at radius 2 is 1.82 bits per heavy atom. The van der Waals surface area contributed by atoms with Crippen LogP contribution in [0.5, 0.6) is 0 Å². The lowest BCUT2D eigenvalue weighted by Gasteiger charge is -2.26. The van der Waals surface area contributed by atoms with E-state index < -0.39 is 11.2 Å². The first-order chi connectivity index (χ1) is 16.0. The zero-order chi connectivity index (χ0) is 22.6. The number of aliphatic hydroxyl groups is 1. The first kappa shape index (κ1) is 20.2. The standard InChI is InChI=1S/C26H24FN3O3/c27-19-8-2-16(3-9-19)21-12-24(31)33-22-11-15(1-10-20(21)22)13-28-25-29-14-23(30-25)26(32,17-4-5-17)18-6-7-18/h1-3,8-12,14,17-18,32H,4-7,13H2,(H2,28,29,30). The molecule has 4 aromatic rings. The second kappa shape index (κ2) is 7.56. The monoisotopic (exact) mass is 445 g/mol. The van der Waals surface area contributed by atoms with Crippen LogP contribution in [0.4, 0.5) is 10.3 Å². The van der Waals surface area contributed by atoms with Crippen LogP contribution in [0.3, 0.4) is 0 Å². The quantitative estimate of drug-likeness (QED) is 0.351. The molecule has 7 heteroatoms. The summed E-state index contributed by atoms with van der Waals surface area (Å²) in [5, 5.41) is 15.3. The molecule has 3 N–H and O–H groups in total. The smallest absolute Gasteiger partial charge is 0.336 e. The molecule has 168 valence electrons. The summed E-state index contributed by atoms with van der Waals surface area (Å²) in [6.45, 7) is 0.471. The molecule has 0 saturated heterocycles. The maximum absolute atomic E-state index is 13.3. The summed E-state index contributed by atoms with van der Waals surface area (Å²) in [5.74, 6) is 0.938. The first-order valence-corrected chi connectivity index (χ1v) is 11.3. The number of fused-ring (bicyclic) bond motifs is 1. The molecule has 2 aliphatic carbocycles. The van der Waals surface area contributed by atoms with Gasteiger partial charge in [0.05, 0.1) is 11.9 Å². The average molecular weight is 445 g/mol. The number of hydrogen-bond acceptors (Lipinski definition) is 5. The Kier molecular flexibility index (Phi) is 4.62. The van der Waals surface area contributed by atoms with E-state index in [-0.39, 0.29) is 5.82 Å². The summed E-state index contributed by atoms with van der Waals surface area (Å²) >= 11 is 0. The van der Waals surface area contributed by atoms with Crippen LogP contribution >= 0.6 is 0 Å². The van der Waals surface area contributed by atoms with Crippen molar-refractivity contribution in [3.63, 3.8) is 0 Å². The van der Waals surface area contributed by atoms with Gasteiger partial charge < -0.3 is 19.8 Å². The van der Waals surface area contributed by atoms with Gasteiger partial charge in [-0.05, 0) is 72.4 Å². The fourth-order valence-electron chi connectivity index (χ4n) is 4.81. The molecule has 2 aliphatic rings. The highest BCUT2D eigenvalue weighted by Gasteiger charge is 2.55. The van der Waals surface area contributed by atoms with Crippen molar-refractivity contribution in [2.24, 2.45) is 11.8 Å². The molecule has 0 aliphatic heterocycles. The van der Waals surface area contributed by atoms with Crippen molar-refractivity contribution in [2.45, 2.75) is 37.8 Å². The van der Waals surface area contributed by atoms with Crippen LogP contribution in [0.2, 0.25) is 0 Å². The van der Waals surface area contributed by atoms with Crippen molar-refractivity contribution in [1.29, 1.82) is 0 Å². The summed E-state index contributed by atoms with van der Waals surface area (Å²) in [6.07, 6.45) is 6.01. The van der Waals surface area contributed by atoms with Crippen LogP contribution in [0, 0.1) is 17.7 Å². The van der Waals surface area contributed by atoms with Crippen molar-refractivity contribution in [1.82, 2.24) is 9.97 Å². The SMILES string of the molecule is O=c1cc(-c2ccc(F)cc2)c2ccc(CNc3ncc(C(O)(C4CC4)C4CC4)[nH]3)cc2o1. The molecule has 2 saturated carbocycles. The second-order valence-corrected chi connectivity index (χ2v) is 9.19. The molecule has 33 heavy (non-hydrogen) atoms. The van der Waals surface area contributed by atoms with E-state index in [0.29, 0.717) is 35.5 Å². The molecule has 2 aromatic heterocycles. The summed E-state index contributed by atoms with van der Waals surface area (Å²) in [4.78, 5) is 19.9. The van der Waals surface area contributed by atoms with Crippen LogP contribution < -0.4 is 10.9 Å². The van der Waals surface area contributed by atoms with Crippen LogP contribution in [0.1, 0.15) is 36.9 Å². The summed E-state index contributed by atoms with van der Waals surface area (Å²) < 4.78 is 18.8. The van der Waals surface area contributed by atoms with Gasteiger partial charge in [-0.25, -0.2) is 14.2 Å². The number of H-pyrrole nitrogens is 1. The summed E-state index contributed by atoms with van der Waals surface area (Å²) in [5.41, 5.74) is 2.40. The number of aromatic nitrogens is 2. The van der Waals surface area contributed by atoms with Crippen molar-refractivity contribution in [2.75, 3.05) is 5.32 Å². The van der Waals surface area contributed by atoms with Gasteiger partial charge in [-0.15, -0.1) is 0 Å². The minimum absolute atomic E-state index is 0.326. The van der Waals surface area contributed by atoms with E-state index >= 15 is 0 Å². The number of anilines is 1. The van der Waals surface area contributed by atoms with Gasteiger partial charge in [-0.3, -0.25) is 0 Å². The molecule has 0 radical (unpaired) electrons. The Hall–Kier alpha value is -3.45. The number of halogens is 1. The second-order valence-electron chi connectivity index (χ2n) is 9.19. The van der Waals surface area contributed by atoms with Gasteiger partial charge in [0.15, 0.2) is 0 Å². The highest BCUT2D eigenvalue weighted by atomic mass is 19.1. The molecule has 2 fully saturated rings. The fraction of sp³-hybridized carbons (Fsp3) is 0.308. The number of benzene rings is 2. The Bertz CT molecular complexity index is 1370. The number of rotatable bonds is 7. The lowest BCUT2D eigenvalue weighted by atomic mass is 9.89. The molecule has 2 heterocycles. The van der Waals surface area contributed by atoms with Crippen LogP contribution in [0.25, 0.3) is 22.1 Å². The van der Waals surface area contributed by atoms with E-state index in [1.165, 1.54) is 18.2 Å². The lowest BCUT2D eigenvalue weighted by Crippen LogP contribution is -2.31. The number of nitrogens with one attached hydrogen (secondary N) is 2. The van der Waals surface area contributed by atoms with E-state index in [9.17, 15) is 14.3 Å². The molecule has 0 unspecified atom stereocenters. The number of aromatic amines is 1. The minimum Gasteiger partial charge on any atom is -0.423 e. The zero-order valence-corrected chi connectivity index (χ0v) is 18.0. The third kappa shape index (κ3) is 3.72. The predicted molar refractivity (Wildman–Crippen MR) is 123 cm³/mol. The van der Waals surface area contributed by atoms with E-state index in [1.54, 1.807) is 18.3 Å². The largest absolute Gasteiger partial charge is 0.423 e. The van der Waals surface area contributed by atoms with Gasteiger partial charge in [0.1, 0.15) is 17.0 Å². The highest BCUT2D eigenvalue weighted by Crippen LogP contribution is 2.57. The molecule has 0 atom stereocenters. The average Bonchev–Trinajstić information content (AvgIpc) is 3.74. The van der Waals surface area contributed by atoms with Gasteiger partial charge in [-0.1, -0.05) is 24.3 Å². The fourth-order valence-corrected chi connectivity index (χ4v) is 4.81. The number of hydrogen-bond donors (Lipinski definition) is 3. The normalized spacial score (nSPS) is 16.3. The molecule has 0 spiro atoms. The van der Waals surface area contributed by atoms with Crippen LogP contribution in [0.15, 0.2) is 63.9 Å².